The van der Waals surface area contributed by atoms with Crippen molar-refractivity contribution >= 4 is 22.9 Å². The lowest BCUT2D eigenvalue weighted by Crippen LogP contribution is -2.12. The second-order valence-electron chi connectivity index (χ2n) is 4.57. The van der Waals surface area contributed by atoms with Crippen LogP contribution < -0.4 is 5.32 Å². The van der Waals surface area contributed by atoms with Crippen LogP contribution in [0.1, 0.15) is 31.2 Å². The minimum absolute atomic E-state index is 0.0198. The number of carbonyl (C=O) groups excluding carboxylic acids is 1. The van der Waals surface area contributed by atoms with Gasteiger partial charge in [0.05, 0.1) is 4.88 Å². The molecule has 0 radical (unpaired) electrons. The smallest absolute Gasteiger partial charge is 0.265 e. The number of amides is 1. The van der Waals surface area contributed by atoms with Gasteiger partial charge in [-0.3, -0.25) is 4.79 Å². The van der Waals surface area contributed by atoms with Crippen molar-refractivity contribution in [1.82, 2.24) is 0 Å². The molecule has 3 heteroatoms. The summed E-state index contributed by atoms with van der Waals surface area (Å²) in [7, 11) is 0. The third-order valence-corrected chi connectivity index (χ3v) is 4.26. The molecule has 1 aromatic heterocycles. The Kier molecular flexibility index (Phi) is 3.53. The van der Waals surface area contributed by atoms with Gasteiger partial charge in [-0.05, 0) is 50.5 Å². The summed E-state index contributed by atoms with van der Waals surface area (Å²) in [5, 5.41) is 3.01. The molecular formula is C15H17NOS. The molecule has 18 heavy (non-hydrogen) atoms. The maximum atomic E-state index is 12.2. The summed E-state index contributed by atoms with van der Waals surface area (Å²) in [6.07, 6.45) is 0. The molecule has 0 bridgehead atoms. The summed E-state index contributed by atoms with van der Waals surface area (Å²) < 4.78 is 0. The average Bonchev–Trinajstić information content (AvgIpc) is 2.64. The SMILES string of the molecule is Cc1cc(C(=O)Nc2c(C)cccc2C)sc1C. The van der Waals surface area contributed by atoms with Crippen LogP contribution in [0, 0.1) is 27.7 Å². The van der Waals surface area contributed by atoms with E-state index in [-0.39, 0.29) is 5.91 Å². The van der Waals surface area contributed by atoms with Crippen LogP contribution in [0.3, 0.4) is 0 Å². The van der Waals surface area contributed by atoms with Crippen molar-refractivity contribution in [3.05, 3.63) is 50.7 Å². The minimum Gasteiger partial charge on any atom is -0.321 e. The van der Waals surface area contributed by atoms with Gasteiger partial charge in [0.15, 0.2) is 0 Å². The molecule has 0 aliphatic heterocycles. The van der Waals surface area contributed by atoms with Crippen molar-refractivity contribution in [3.8, 4) is 0 Å². The molecule has 1 amide bonds. The Balaban J connectivity index is 2.27. The largest absolute Gasteiger partial charge is 0.321 e. The molecule has 0 unspecified atom stereocenters. The number of nitrogens with one attached hydrogen (secondary N) is 1. The highest BCUT2D eigenvalue weighted by molar-refractivity contribution is 7.14. The number of benzene rings is 1. The minimum atomic E-state index is -0.0198. The van der Waals surface area contributed by atoms with Gasteiger partial charge < -0.3 is 5.32 Å². The van der Waals surface area contributed by atoms with E-state index in [0.29, 0.717) is 0 Å². The summed E-state index contributed by atoms with van der Waals surface area (Å²) >= 11 is 1.54. The average molecular weight is 259 g/mol. The van der Waals surface area contributed by atoms with Crippen molar-refractivity contribution in [1.29, 1.82) is 0 Å². The zero-order valence-corrected chi connectivity index (χ0v) is 11.9. The maximum absolute atomic E-state index is 12.2. The molecular weight excluding hydrogens is 242 g/mol. The van der Waals surface area contributed by atoms with Crippen molar-refractivity contribution in [3.63, 3.8) is 0 Å². The third kappa shape index (κ3) is 2.46. The van der Waals surface area contributed by atoms with Crippen LogP contribution in [0.2, 0.25) is 0 Å². The van der Waals surface area contributed by atoms with Gasteiger partial charge in [0.2, 0.25) is 0 Å². The van der Waals surface area contributed by atoms with Gasteiger partial charge in [0, 0.05) is 10.6 Å². The van der Waals surface area contributed by atoms with Gasteiger partial charge in [0.25, 0.3) is 5.91 Å². The number of hydrogen-bond acceptors (Lipinski definition) is 2. The van der Waals surface area contributed by atoms with Crippen LogP contribution in [0.5, 0.6) is 0 Å². The first-order chi connectivity index (χ1) is 8.49. The van der Waals surface area contributed by atoms with Crippen LogP contribution in [-0.2, 0) is 0 Å². The zero-order valence-electron chi connectivity index (χ0n) is 11.1. The predicted molar refractivity (Wildman–Crippen MR) is 77.7 cm³/mol. The van der Waals surface area contributed by atoms with Gasteiger partial charge in [-0.25, -0.2) is 0 Å². The lowest BCUT2D eigenvalue weighted by Gasteiger charge is -2.10. The number of aryl methyl sites for hydroxylation is 4. The van der Waals surface area contributed by atoms with E-state index in [1.807, 2.05) is 52.0 Å². The molecule has 0 aliphatic rings. The third-order valence-electron chi connectivity index (χ3n) is 3.11. The molecule has 0 spiro atoms. The van der Waals surface area contributed by atoms with Gasteiger partial charge >= 0.3 is 0 Å². The van der Waals surface area contributed by atoms with Gasteiger partial charge in [-0.2, -0.15) is 0 Å². The van der Waals surface area contributed by atoms with Crippen molar-refractivity contribution in [2.24, 2.45) is 0 Å². The number of anilines is 1. The first-order valence-electron chi connectivity index (χ1n) is 5.93. The highest BCUT2D eigenvalue weighted by atomic mass is 32.1. The van der Waals surface area contributed by atoms with Crippen LogP contribution in [0.15, 0.2) is 24.3 Å². The van der Waals surface area contributed by atoms with E-state index in [1.54, 1.807) is 11.3 Å². The van der Waals surface area contributed by atoms with E-state index >= 15 is 0 Å². The predicted octanol–water partition coefficient (Wildman–Crippen LogP) is 4.23. The van der Waals surface area contributed by atoms with Crippen molar-refractivity contribution < 1.29 is 4.79 Å². The first kappa shape index (κ1) is 12.8. The number of hydrogen-bond donors (Lipinski definition) is 1. The van der Waals surface area contributed by atoms with Crippen LogP contribution in [0.25, 0.3) is 0 Å². The van der Waals surface area contributed by atoms with Gasteiger partial charge in [-0.1, -0.05) is 18.2 Å². The molecule has 0 atom stereocenters. The summed E-state index contributed by atoms with van der Waals surface area (Å²) in [5.74, 6) is -0.0198. The van der Waals surface area contributed by atoms with Crippen molar-refractivity contribution in [2.75, 3.05) is 5.32 Å². The number of para-hydroxylation sites is 1. The molecule has 94 valence electrons. The number of carbonyl (C=O) groups is 1. The molecule has 0 fully saturated rings. The molecule has 2 aromatic rings. The normalized spacial score (nSPS) is 10.4. The Morgan fingerprint density at radius 3 is 2.17 bits per heavy atom. The van der Waals surface area contributed by atoms with E-state index in [9.17, 15) is 4.79 Å². The molecule has 0 saturated carbocycles. The fourth-order valence-electron chi connectivity index (χ4n) is 1.87. The zero-order chi connectivity index (χ0) is 13.3. The molecule has 0 aliphatic carbocycles. The van der Waals surface area contributed by atoms with E-state index in [2.05, 4.69) is 5.32 Å². The fraction of sp³-hybridized carbons (Fsp3) is 0.267. The van der Waals surface area contributed by atoms with Crippen LogP contribution >= 0.6 is 11.3 Å². The molecule has 1 heterocycles. The van der Waals surface area contributed by atoms with E-state index in [0.717, 1.165) is 21.7 Å². The second-order valence-corrected chi connectivity index (χ2v) is 5.83. The lowest BCUT2D eigenvalue weighted by molar-refractivity contribution is 0.103. The first-order valence-corrected chi connectivity index (χ1v) is 6.75. The molecule has 2 nitrogen and oxygen atoms in total. The maximum Gasteiger partial charge on any atom is 0.265 e. The van der Waals surface area contributed by atoms with Crippen LogP contribution in [0.4, 0.5) is 5.69 Å². The number of rotatable bonds is 2. The Morgan fingerprint density at radius 2 is 1.67 bits per heavy atom. The lowest BCUT2D eigenvalue weighted by atomic mass is 10.1. The van der Waals surface area contributed by atoms with Gasteiger partial charge in [-0.15, -0.1) is 11.3 Å². The molecule has 1 aromatic carbocycles. The van der Waals surface area contributed by atoms with Crippen molar-refractivity contribution in [2.45, 2.75) is 27.7 Å². The second kappa shape index (κ2) is 4.94. The molecule has 2 rings (SSSR count). The monoisotopic (exact) mass is 259 g/mol. The van der Waals surface area contributed by atoms with E-state index < -0.39 is 0 Å². The summed E-state index contributed by atoms with van der Waals surface area (Å²) in [4.78, 5) is 14.2. The van der Waals surface area contributed by atoms with Gasteiger partial charge in [0.1, 0.15) is 0 Å². The highest BCUT2D eigenvalue weighted by Crippen LogP contribution is 2.24. The summed E-state index contributed by atoms with van der Waals surface area (Å²) in [6, 6.07) is 7.96. The Hall–Kier alpha value is -1.61. The Labute approximate surface area is 112 Å². The van der Waals surface area contributed by atoms with E-state index in [4.69, 9.17) is 0 Å². The van der Waals surface area contributed by atoms with Crippen LogP contribution in [-0.4, -0.2) is 5.91 Å². The Bertz CT molecular complexity index is 559. The Morgan fingerprint density at radius 1 is 1.06 bits per heavy atom. The topological polar surface area (TPSA) is 29.1 Å². The standard InChI is InChI=1S/C15H17NOS/c1-9-6-5-7-10(2)14(9)16-15(17)13-8-11(3)12(4)18-13/h5-8H,1-4H3,(H,16,17). The summed E-state index contributed by atoms with van der Waals surface area (Å²) in [6.45, 7) is 8.08. The highest BCUT2D eigenvalue weighted by Gasteiger charge is 2.12. The quantitative estimate of drug-likeness (QED) is 0.859. The van der Waals surface area contributed by atoms with E-state index in [1.165, 1.54) is 10.4 Å². The fourth-order valence-corrected chi connectivity index (χ4v) is 2.80. The summed E-state index contributed by atoms with van der Waals surface area (Å²) in [5.41, 5.74) is 4.28. The molecule has 1 N–H and O–H groups in total. The molecule has 0 saturated heterocycles. The number of thiophene rings is 1.